The van der Waals surface area contributed by atoms with E-state index in [4.69, 9.17) is 5.41 Å². The monoisotopic (exact) mass is 141 g/mol. The van der Waals surface area contributed by atoms with Gasteiger partial charge in [0.15, 0.2) is 5.96 Å². The van der Waals surface area contributed by atoms with Gasteiger partial charge in [-0.05, 0) is 12.8 Å². The smallest absolute Gasteiger partial charge is 0.193 e. The molecule has 1 N–H and O–H groups in total. The van der Waals surface area contributed by atoms with Crippen LogP contribution in [0.4, 0.5) is 0 Å². The van der Waals surface area contributed by atoms with Crippen molar-refractivity contribution in [3.05, 3.63) is 0 Å². The maximum absolute atomic E-state index is 7.59. The third-order valence-electron chi connectivity index (χ3n) is 1.83. The van der Waals surface area contributed by atoms with Crippen LogP contribution in [0.3, 0.4) is 0 Å². The highest BCUT2D eigenvalue weighted by Gasteiger charge is 2.15. The number of hydrogen-bond acceptors (Lipinski definition) is 1. The molecule has 3 nitrogen and oxygen atoms in total. The second-order valence-corrected chi connectivity index (χ2v) is 2.91. The summed E-state index contributed by atoms with van der Waals surface area (Å²) in [5.74, 6) is 0.650. The second-order valence-electron chi connectivity index (χ2n) is 2.91. The van der Waals surface area contributed by atoms with E-state index in [1.807, 2.05) is 19.0 Å². The highest BCUT2D eigenvalue weighted by atomic mass is 15.3. The molecule has 1 aliphatic rings. The van der Waals surface area contributed by atoms with E-state index in [1.165, 1.54) is 12.8 Å². The zero-order valence-electron chi connectivity index (χ0n) is 6.72. The third kappa shape index (κ3) is 1.40. The third-order valence-corrected chi connectivity index (χ3v) is 1.83. The summed E-state index contributed by atoms with van der Waals surface area (Å²) in [6, 6.07) is 0. The average Bonchev–Trinajstić information content (AvgIpc) is 2.36. The summed E-state index contributed by atoms with van der Waals surface area (Å²) < 4.78 is 0. The summed E-state index contributed by atoms with van der Waals surface area (Å²) in [6.45, 7) is 2.13. The van der Waals surface area contributed by atoms with Crippen molar-refractivity contribution in [2.45, 2.75) is 12.8 Å². The molecule has 0 bridgehead atoms. The van der Waals surface area contributed by atoms with Gasteiger partial charge in [0.05, 0.1) is 0 Å². The summed E-state index contributed by atoms with van der Waals surface area (Å²) >= 11 is 0. The molecule has 58 valence electrons. The summed E-state index contributed by atoms with van der Waals surface area (Å²) in [5, 5.41) is 7.59. The number of rotatable bonds is 0. The Bertz CT molecular complexity index is 125. The Morgan fingerprint density at radius 3 is 2.20 bits per heavy atom. The largest absolute Gasteiger partial charge is 0.349 e. The fourth-order valence-electron chi connectivity index (χ4n) is 1.21. The van der Waals surface area contributed by atoms with Gasteiger partial charge < -0.3 is 9.80 Å². The van der Waals surface area contributed by atoms with E-state index in [1.54, 1.807) is 0 Å². The minimum absolute atomic E-state index is 0.650. The Kier molecular flexibility index (Phi) is 2.14. The number of guanidine groups is 1. The maximum Gasteiger partial charge on any atom is 0.193 e. The van der Waals surface area contributed by atoms with Crippen LogP contribution < -0.4 is 0 Å². The summed E-state index contributed by atoms with van der Waals surface area (Å²) in [6.07, 6.45) is 2.49. The summed E-state index contributed by atoms with van der Waals surface area (Å²) in [7, 11) is 3.83. The highest BCUT2D eigenvalue weighted by molar-refractivity contribution is 5.76. The van der Waals surface area contributed by atoms with E-state index in [-0.39, 0.29) is 0 Å². The summed E-state index contributed by atoms with van der Waals surface area (Å²) in [4.78, 5) is 3.96. The molecule has 1 saturated heterocycles. The zero-order valence-corrected chi connectivity index (χ0v) is 6.72. The zero-order chi connectivity index (χ0) is 7.56. The lowest BCUT2D eigenvalue weighted by molar-refractivity contribution is 0.426. The fraction of sp³-hybridized carbons (Fsp3) is 0.857. The topological polar surface area (TPSA) is 30.3 Å². The number of hydrogen-bond donors (Lipinski definition) is 1. The molecule has 1 heterocycles. The lowest BCUT2D eigenvalue weighted by atomic mass is 10.4. The molecule has 0 amide bonds. The molecule has 0 aliphatic carbocycles. The van der Waals surface area contributed by atoms with Gasteiger partial charge in [-0.3, -0.25) is 5.41 Å². The first-order chi connectivity index (χ1) is 4.72. The number of nitrogens with one attached hydrogen (secondary N) is 1. The van der Waals surface area contributed by atoms with E-state index in [0.717, 1.165) is 13.1 Å². The molecule has 1 fully saturated rings. The van der Waals surface area contributed by atoms with Crippen molar-refractivity contribution in [2.24, 2.45) is 0 Å². The van der Waals surface area contributed by atoms with Crippen molar-refractivity contribution in [1.29, 1.82) is 5.41 Å². The summed E-state index contributed by atoms with van der Waals surface area (Å²) in [5.41, 5.74) is 0. The van der Waals surface area contributed by atoms with E-state index >= 15 is 0 Å². The van der Waals surface area contributed by atoms with Gasteiger partial charge in [-0.15, -0.1) is 0 Å². The van der Waals surface area contributed by atoms with Gasteiger partial charge in [0, 0.05) is 27.2 Å². The molecule has 1 aliphatic heterocycles. The predicted molar refractivity (Wildman–Crippen MR) is 42.2 cm³/mol. The number of likely N-dealkylation sites (tertiary alicyclic amines) is 1. The standard InChI is InChI=1S/C7H15N3/c1-9(2)7(8)10-5-3-4-6-10/h8H,3-6H2,1-2H3. The Labute approximate surface area is 62.1 Å². The van der Waals surface area contributed by atoms with Crippen LogP contribution >= 0.6 is 0 Å². The van der Waals surface area contributed by atoms with Crippen molar-refractivity contribution in [2.75, 3.05) is 27.2 Å². The van der Waals surface area contributed by atoms with Gasteiger partial charge in [0.25, 0.3) is 0 Å². The first-order valence-corrected chi connectivity index (χ1v) is 3.72. The van der Waals surface area contributed by atoms with E-state index in [9.17, 15) is 0 Å². The van der Waals surface area contributed by atoms with Gasteiger partial charge in [-0.1, -0.05) is 0 Å². The molecule has 0 spiro atoms. The van der Waals surface area contributed by atoms with Crippen LogP contribution in [0.1, 0.15) is 12.8 Å². The predicted octanol–water partition coefficient (Wildman–Crippen LogP) is 0.579. The Morgan fingerprint density at radius 1 is 1.30 bits per heavy atom. The normalized spacial score (nSPS) is 17.6. The Morgan fingerprint density at radius 2 is 1.80 bits per heavy atom. The van der Waals surface area contributed by atoms with E-state index < -0.39 is 0 Å². The molecule has 10 heavy (non-hydrogen) atoms. The molecule has 0 aromatic carbocycles. The quantitative estimate of drug-likeness (QED) is 0.395. The first kappa shape index (κ1) is 7.38. The van der Waals surface area contributed by atoms with Crippen LogP contribution in [0.2, 0.25) is 0 Å². The molecule has 1 rings (SSSR count). The molecule has 3 heteroatoms. The van der Waals surface area contributed by atoms with Gasteiger partial charge in [-0.2, -0.15) is 0 Å². The van der Waals surface area contributed by atoms with Gasteiger partial charge in [0.1, 0.15) is 0 Å². The molecular formula is C7H15N3. The first-order valence-electron chi connectivity index (χ1n) is 3.72. The minimum atomic E-state index is 0.650. The molecule has 0 unspecified atom stereocenters. The Hall–Kier alpha value is -0.730. The molecule has 0 aromatic heterocycles. The maximum atomic E-state index is 7.59. The molecule has 0 radical (unpaired) electrons. The fourth-order valence-corrected chi connectivity index (χ4v) is 1.21. The highest BCUT2D eigenvalue weighted by Crippen LogP contribution is 2.07. The van der Waals surface area contributed by atoms with Crippen molar-refractivity contribution in [1.82, 2.24) is 9.80 Å². The molecule has 0 aromatic rings. The van der Waals surface area contributed by atoms with Crippen LogP contribution in [0, 0.1) is 5.41 Å². The van der Waals surface area contributed by atoms with Crippen molar-refractivity contribution in [3.8, 4) is 0 Å². The second kappa shape index (κ2) is 2.90. The van der Waals surface area contributed by atoms with Crippen LogP contribution in [-0.4, -0.2) is 42.9 Å². The van der Waals surface area contributed by atoms with Crippen LogP contribution in [-0.2, 0) is 0 Å². The molecule has 0 atom stereocenters. The molecule has 0 saturated carbocycles. The van der Waals surface area contributed by atoms with Gasteiger partial charge >= 0.3 is 0 Å². The van der Waals surface area contributed by atoms with Crippen molar-refractivity contribution >= 4 is 5.96 Å². The van der Waals surface area contributed by atoms with Crippen LogP contribution in [0.5, 0.6) is 0 Å². The molecular weight excluding hydrogens is 126 g/mol. The lowest BCUT2D eigenvalue weighted by Crippen LogP contribution is -2.37. The SMILES string of the molecule is CN(C)C(=N)N1CCCC1. The van der Waals surface area contributed by atoms with E-state index in [2.05, 4.69) is 4.90 Å². The lowest BCUT2D eigenvalue weighted by Gasteiger charge is -2.23. The van der Waals surface area contributed by atoms with Crippen molar-refractivity contribution < 1.29 is 0 Å². The number of nitrogens with zero attached hydrogens (tertiary/aromatic N) is 2. The Balaban J connectivity index is 2.40. The average molecular weight is 141 g/mol. The van der Waals surface area contributed by atoms with Crippen LogP contribution in [0.15, 0.2) is 0 Å². The van der Waals surface area contributed by atoms with Crippen molar-refractivity contribution in [3.63, 3.8) is 0 Å². The minimum Gasteiger partial charge on any atom is -0.349 e. The van der Waals surface area contributed by atoms with E-state index in [0.29, 0.717) is 5.96 Å². The van der Waals surface area contributed by atoms with Gasteiger partial charge in [0.2, 0.25) is 0 Å². The van der Waals surface area contributed by atoms with Gasteiger partial charge in [-0.25, -0.2) is 0 Å². The van der Waals surface area contributed by atoms with Crippen LogP contribution in [0.25, 0.3) is 0 Å².